The van der Waals surface area contributed by atoms with Crippen molar-refractivity contribution in [2.75, 3.05) is 33.2 Å². The number of nitrogens with zero attached hydrogens (tertiary/aromatic N) is 2. The summed E-state index contributed by atoms with van der Waals surface area (Å²) in [6.45, 7) is 4.40. The van der Waals surface area contributed by atoms with Gasteiger partial charge in [-0.3, -0.25) is 0 Å². The first-order valence-corrected chi connectivity index (χ1v) is 9.97. The van der Waals surface area contributed by atoms with Crippen molar-refractivity contribution in [3.8, 4) is 5.69 Å². The van der Waals surface area contributed by atoms with Crippen LogP contribution in [0.15, 0.2) is 48.7 Å². The van der Waals surface area contributed by atoms with Crippen LogP contribution in [0.3, 0.4) is 0 Å². The number of likely N-dealkylation sites (tertiary alicyclic amines) is 1. The molecule has 0 bridgehead atoms. The number of aromatic nitrogens is 1. The van der Waals surface area contributed by atoms with Gasteiger partial charge in [0, 0.05) is 35.4 Å². The quantitative estimate of drug-likeness (QED) is 0.679. The van der Waals surface area contributed by atoms with E-state index in [2.05, 4.69) is 27.0 Å². The van der Waals surface area contributed by atoms with Crippen LogP contribution in [0.25, 0.3) is 16.6 Å². The molecule has 3 nitrogen and oxygen atoms in total. The molecule has 0 amide bonds. The van der Waals surface area contributed by atoms with Gasteiger partial charge in [0.25, 0.3) is 0 Å². The van der Waals surface area contributed by atoms with E-state index >= 15 is 0 Å². The highest BCUT2D eigenvalue weighted by molar-refractivity contribution is 6.31. The third-order valence-electron chi connectivity index (χ3n) is 5.61. The molecule has 4 rings (SSSR count). The Labute approximate surface area is 164 Å². The average Bonchev–Trinajstić information content (AvgIpc) is 3.06. The Balaban J connectivity index is 1.67. The molecule has 1 aliphatic rings. The van der Waals surface area contributed by atoms with Crippen LogP contribution in [0.1, 0.15) is 24.3 Å². The summed E-state index contributed by atoms with van der Waals surface area (Å²) in [6.07, 6.45) is 4.55. The van der Waals surface area contributed by atoms with Crippen LogP contribution >= 0.6 is 11.6 Å². The van der Waals surface area contributed by atoms with E-state index in [1.165, 1.54) is 23.1 Å². The van der Waals surface area contributed by atoms with E-state index in [4.69, 9.17) is 11.6 Å². The Morgan fingerprint density at radius 2 is 1.85 bits per heavy atom. The first-order valence-electron chi connectivity index (χ1n) is 9.59. The molecule has 3 aromatic rings. The zero-order chi connectivity index (χ0) is 18.8. The normalized spacial score (nSPS) is 16.3. The van der Waals surface area contributed by atoms with Crippen LogP contribution in [0.4, 0.5) is 4.39 Å². The largest absolute Gasteiger partial charge is 0.318 e. The van der Waals surface area contributed by atoms with Crippen molar-refractivity contribution in [3.63, 3.8) is 0 Å². The number of halogens is 2. The summed E-state index contributed by atoms with van der Waals surface area (Å²) in [5.74, 6) is 0.323. The van der Waals surface area contributed by atoms with Gasteiger partial charge in [-0.1, -0.05) is 17.7 Å². The molecule has 1 N–H and O–H groups in total. The maximum Gasteiger partial charge on any atom is 0.123 e. The fourth-order valence-electron chi connectivity index (χ4n) is 4.10. The maximum atomic E-state index is 13.4. The smallest absolute Gasteiger partial charge is 0.123 e. The van der Waals surface area contributed by atoms with E-state index in [1.54, 1.807) is 0 Å². The number of hydrogen-bond acceptors (Lipinski definition) is 2. The third-order valence-corrected chi connectivity index (χ3v) is 5.84. The van der Waals surface area contributed by atoms with E-state index in [0.29, 0.717) is 5.92 Å². The molecule has 5 heteroatoms. The van der Waals surface area contributed by atoms with Crippen LogP contribution in [0.2, 0.25) is 5.02 Å². The molecule has 27 heavy (non-hydrogen) atoms. The maximum absolute atomic E-state index is 13.4. The number of hydrogen-bond donors (Lipinski definition) is 1. The first kappa shape index (κ1) is 18.5. The number of nitrogens with one attached hydrogen (secondary N) is 1. The summed E-state index contributed by atoms with van der Waals surface area (Å²) in [7, 11) is 2.00. The first-order chi connectivity index (χ1) is 13.2. The molecule has 2 heterocycles. The van der Waals surface area contributed by atoms with Gasteiger partial charge in [-0.25, -0.2) is 4.39 Å². The van der Waals surface area contributed by atoms with Crippen molar-refractivity contribution in [2.24, 2.45) is 0 Å². The van der Waals surface area contributed by atoms with Gasteiger partial charge in [0.2, 0.25) is 0 Å². The van der Waals surface area contributed by atoms with Gasteiger partial charge in [0.15, 0.2) is 0 Å². The van der Waals surface area contributed by atoms with Gasteiger partial charge in [0.1, 0.15) is 5.82 Å². The lowest BCUT2D eigenvalue weighted by Crippen LogP contribution is -2.37. The third kappa shape index (κ3) is 3.88. The second-order valence-corrected chi connectivity index (χ2v) is 7.75. The van der Waals surface area contributed by atoms with Gasteiger partial charge in [-0.2, -0.15) is 0 Å². The number of rotatable bonds is 5. The molecule has 142 valence electrons. The standard InChI is InChI=1S/C22H25ClFN3/c1-25-10-13-26-11-8-16(9-12-26)21-15-27(19-5-3-18(24)4-6-19)22-14-17(23)2-7-20(21)22/h2-7,14-16,25H,8-13H2,1H3. The van der Waals surface area contributed by atoms with Crippen molar-refractivity contribution in [3.05, 3.63) is 65.1 Å². The predicted molar refractivity (Wildman–Crippen MR) is 111 cm³/mol. The topological polar surface area (TPSA) is 20.2 Å². The summed E-state index contributed by atoms with van der Waals surface area (Å²) in [6, 6.07) is 12.7. The number of fused-ring (bicyclic) bond motifs is 1. The lowest BCUT2D eigenvalue weighted by atomic mass is 9.89. The highest BCUT2D eigenvalue weighted by Crippen LogP contribution is 2.36. The number of piperidine rings is 1. The minimum atomic E-state index is -0.220. The van der Waals surface area contributed by atoms with Crippen LogP contribution in [-0.2, 0) is 0 Å². The summed E-state index contributed by atoms with van der Waals surface area (Å²) >= 11 is 6.28. The van der Waals surface area contributed by atoms with Gasteiger partial charge in [-0.15, -0.1) is 0 Å². The van der Waals surface area contributed by atoms with Gasteiger partial charge >= 0.3 is 0 Å². The Morgan fingerprint density at radius 1 is 1.11 bits per heavy atom. The van der Waals surface area contributed by atoms with Crippen LogP contribution in [0, 0.1) is 5.82 Å². The monoisotopic (exact) mass is 385 g/mol. The van der Waals surface area contributed by atoms with Crippen molar-refractivity contribution < 1.29 is 4.39 Å². The van der Waals surface area contributed by atoms with E-state index in [1.807, 2.05) is 31.3 Å². The van der Waals surface area contributed by atoms with Crippen LogP contribution < -0.4 is 5.32 Å². The lowest BCUT2D eigenvalue weighted by molar-refractivity contribution is 0.214. The lowest BCUT2D eigenvalue weighted by Gasteiger charge is -2.31. The fourth-order valence-corrected chi connectivity index (χ4v) is 4.27. The van der Waals surface area contributed by atoms with Gasteiger partial charge in [-0.05, 0) is 80.9 Å². The molecular formula is C22H25ClFN3. The van der Waals surface area contributed by atoms with Gasteiger partial charge < -0.3 is 14.8 Å². The summed E-state index contributed by atoms with van der Waals surface area (Å²) in [5.41, 5.74) is 3.42. The molecule has 1 fully saturated rings. The summed E-state index contributed by atoms with van der Waals surface area (Å²) in [4.78, 5) is 2.53. The predicted octanol–water partition coefficient (Wildman–Crippen LogP) is 4.82. The molecule has 0 saturated carbocycles. The second-order valence-electron chi connectivity index (χ2n) is 7.31. The molecule has 0 unspecified atom stereocenters. The minimum absolute atomic E-state index is 0.220. The summed E-state index contributed by atoms with van der Waals surface area (Å²) in [5, 5.41) is 5.20. The average molecular weight is 386 g/mol. The molecule has 1 aromatic heterocycles. The Kier molecular flexibility index (Phi) is 5.48. The zero-order valence-corrected chi connectivity index (χ0v) is 16.3. The molecule has 0 spiro atoms. The zero-order valence-electron chi connectivity index (χ0n) is 15.6. The van der Waals surface area contributed by atoms with Crippen LogP contribution in [-0.4, -0.2) is 42.7 Å². The Bertz CT molecular complexity index is 911. The Hall–Kier alpha value is -1.88. The van der Waals surface area contributed by atoms with Crippen molar-refractivity contribution in [1.29, 1.82) is 0 Å². The summed E-state index contributed by atoms with van der Waals surface area (Å²) < 4.78 is 15.5. The molecule has 1 saturated heterocycles. The molecule has 0 aliphatic carbocycles. The van der Waals surface area contributed by atoms with Gasteiger partial charge in [0.05, 0.1) is 5.52 Å². The number of benzene rings is 2. The van der Waals surface area contributed by atoms with Crippen LogP contribution in [0.5, 0.6) is 0 Å². The highest BCUT2D eigenvalue weighted by atomic mass is 35.5. The SMILES string of the molecule is CNCCN1CCC(c2cn(-c3ccc(F)cc3)c3cc(Cl)ccc23)CC1. The van der Waals surface area contributed by atoms with E-state index in [9.17, 15) is 4.39 Å². The van der Waals surface area contributed by atoms with Crippen molar-refractivity contribution >= 4 is 22.5 Å². The Morgan fingerprint density at radius 3 is 2.56 bits per heavy atom. The van der Waals surface area contributed by atoms with E-state index in [0.717, 1.165) is 55.2 Å². The molecule has 1 aliphatic heterocycles. The van der Waals surface area contributed by atoms with Crippen molar-refractivity contribution in [2.45, 2.75) is 18.8 Å². The molecule has 0 radical (unpaired) electrons. The minimum Gasteiger partial charge on any atom is -0.318 e. The molecule has 2 aromatic carbocycles. The number of likely N-dealkylation sites (N-methyl/N-ethyl adjacent to an activating group) is 1. The van der Waals surface area contributed by atoms with Crippen molar-refractivity contribution in [1.82, 2.24) is 14.8 Å². The van der Waals surface area contributed by atoms with E-state index in [-0.39, 0.29) is 5.82 Å². The fraction of sp³-hybridized carbons (Fsp3) is 0.364. The molecular weight excluding hydrogens is 361 g/mol. The highest BCUT2D eigenvalue weighted by Gasteiger charge is 2.24. The second kappa shape index (κ2) is 8.01. The van der Waals surface area contributed by atoms with E-state index < -0.39 is 0 Å². The molecule has 0 atom stereocenters.